The van der Waals surface area contributed by atoms with E-state index >= 15 is 0 Å². The summed E-state index contributed by atoms with van der Waals surface area (Å²) in [5.41, 5.74) is 0. The van der Waals surface area contributed by atoms with E-state index in [1.54, 1.807) is 0 Å². The molecular weight excluding hydrogens is 512 g/mol. The number of unbranched alkanes of at least 4 members (excludes halogenated alkanes) is 15. The number of aliphatic hydroxyl groups excluding tert-OH is 4. The highest BCUT2D eigenvalue weighted by atomic mass is 16.3. The van der Waals surface area contributed by atoms with Crippen LogP contribution in [-0.4, -0.2) is 81.0 Å². The molecule has 0 amide bonds. The molecule has 0 bridgehead atoms. The molecule has 0 radical (unpaired) electrons. The summed E-state index contributed by atoms with van der Waals surface area (Å²) in [6, 6.07) is 0. The average Bonchev–Trinajstić information content (AvgIpc) is 2.94. The molecule has 0 aliphatic carbocycles. The molecule has 0 aromatic carbocycles. The largest absolute Gasteiger partial charge is 0.392 e. The predicted octanol–water partition coefficient (Wildman–Crippen LogP) is 8.00. The third-order valence-corrected chi connectivity index (χ3v) is 8.40. The standard InChI is InChI=1S/C35H74N2O4/c1-5-9-13-17-18-19-23-27-35(41)31-37(30-34(40)26-22-16-12-8-4)36(28-32(38)24-20-14-10-6-2)29-33(39)25-21-15-11-7-3/h32-35,38-41H,5-31H2,1-4H3. The van der Waals surface area contributed by atoms with Crippen LogP contribution < -0.4 is 0 Å². The molecular formula is C35H74N2O4. The number of hydrazine groups is 1. The first-order valence-electron chi connectivity index (χ1n) is 18.1. The zero-order valence-corrected chi connectivity index (χ0v) is 28.1. The van der Waals surface area contributed by atoms with Crippen LogP contribution in [0.1, 0.15) is 175 Å². The van der Waals surface area contributed by atoms with Crippen LogP contribution >= 0.6 is 0 Å². The van der Waals surface area contributed by atoms with Crippen molar-refractivity contribution in [2.75, 3.05) is 26.2 Å². The molecule has 0 saturated carbocycles. The fourth-order valence-electron chi connectivity index (χ4n) is 5.71. The molecule has 6 heteroatoms. The second-order valence-corrected chi connectivity index (χ2v) is 12.8. The Balaban J connectivity index is 5.33. The summed E-state index contributed by atoms with van der Waals surface area (Å²) in [7, 11) is 0. The van der Waals surface area contributed by atoms with Crippen molar-refractivity contribution in [2.45, 2.75) is 200 Å². The fourth-order valence-corrected chi connectivity index (χ4v) is 5.71. The molecule has 0 rings (SSSR count). The highest BCUT2D eigenvalue weighted by Gasteiger charge is 2.25. The fraction of sp³-hybridized carbons (Fsp3) is 1.00. The van der Waals surface area contributed by atoms with E-state index in [4.69, 9.17) is 0 Å². The summed E-state index contributed by atoms with van der Waals surface area (Å²) < 4.78 is 0. The smallest absolute Gasteiger partial charge is 0.0681 e. The summed E-state index contributed by atoms with van der Waals surface area (Å²) in [4.78, 5) is 0. The topological polar surface area (TPSA) is 87.4 Å². The first-order chi connectivity index (χ1) is 19.9. The second-order valence-electron chi connectivity index (χ2n) is 12.8. The minimum atomic E-state index is -0.483. The van der Waals surface area contributed by atoms with E-state index in [1.807, 2.05) is 0 Å². The third kappa shape index (κ3) is 25.9. The molecule has 0 aliphatic heterocycles. The maximum atomic E-state index is 11.1. The van der Waals surface area contributed by atoms with Crippen molar-refractivity contribution in [3.63, 3.8) is 0 Å². The molecule has 6 nitrogen and oxygen atoms in total. The summed E-state index contributed by atoms with van der Waals surface area (Å²) in [6.45, 7) is 10.6. The van der Waals surface area contributed by atoms with Gasteiger partial charge in [0.2, 0.25) is 0 Å². The molecule has 0 aliphatic rings. The van der Waals surface area contributed by atoms with Gasteiger partial charge in [-0.25, -0.2) is 10.0 Å². The van der Waals surface area contributed by atoms with Crippen molar-refractivity contribution in [2.24, 2.45) is 0 Å². The molecule has 4 N–H and O–H groups in total. The van der Waals surface area contributed by atoms with E-state index in [1.165, 1.54) is 70.6 Å². The summed E-state index contributed by atoms with van der Waals surface area (Å²) in [5, 5.41) is 48.2. The van der Waals surface area contributed by atoms with Crippen molar-refractivity contribution >= 4 is 0 Å². The van der Waals surface area contributed by atoms with Crippen LogP contribution in [0.15, 0.2) is 0 Å². The molecule has 248 valence electrons. The van der Waals surface area contributed by atoms with E-state index in [0.29, 0.717) is 26.2 Å². The van der Waals surface area contributed by atoms with Crippen LogP contribution in [0, 0.1) is 0 Å². The molecule has 0 aromatic rings. The molecule has 4 atom stereocenters. The van der Waals surface area contributed by atoms with Crippen molar-refractivity contribution in [3.8, 4) is 0 Å². The summed E-state index contributed by atoms with van der Waals surface area (Å²) in [6.07, 6.45) is 23.1. The molecule has 0 saturated heterocycles. The van der Waals surface area contributed by atoms with Gasteiger partial charge in [-0.05, 0) is 25.7 Å². The van der Waals surface area contributed by atoms with Crippen molar-refractivity contribution < 1.29 is 20.4 Å². The number of aliphatic hydroxyl groups is 4. The van der Waals surface area contributed by atoms with Gasteiger partial charge in [0.15, 0.2) is 0 Å². The van der Waals surface area contributed by atoms with Gasteiger partial charge in [0.25, 0.3) is 0 Å². The zero-order chi connectivity index (χ0) is 30.6. The van der Waals surface area contributed by atoms with Gasteiger partial charge in [0.05, 0.1) is 24.4 Å². The highest BCUT2D eigenvalue weighted by Crippen LogP contribution is 2.17. The van der Waals surface area contributed by atoms with Gasteiger partial charge in [-0.1, -0.05) is 150 Å². The Kier molecular flexibility index (Phi) is 29.6. The molecule has 4 unspecified atom stereocenters. The lowest BCUT2D eigenvalue weighted by Crippen LogP contribution is -2.54. The first kappa shape index (κ1) is 40.8. The van der Waals surface area contributed by atoms with E-state index in [9.17, 15) is 20.4 Å². The first-order valence-corrected chi connectivity index (χ1v) is 18.1. The third-order valence-electron chi connectivity index (χ3n) is 8.40. The van der Waals surface area contributed by atoms with Crippen molar-refractivity contribution in [1.29, 1.82) is 0 Å². The molecule has 0 spiro atoms. The second kappa shape index (κ2) is 29.8. The predicted molar refractivity (Wildman–Crippen MR) is 176 cm³/mol. The lowest BCUT2D eigenvalue weighted by Gasteiger charge is -2.39. The number of nitrogens with zero attached hydrogens (tertiary/aromatic N) is 2. The minimum absolute atomic E-state index is 0.435. The highest BCUT2D eigenvalue weighted by molar-refractivity contribution is 4.74. The molecule has 0 aromatic heterocycles. The maximum absolute atomic E-state index is 11.1. The van der Waals surface area contributed by atoms with Crippen LogP contribution in [0.3, 0.4) is 0 Å². The SMILES string of the molecule is CCCCCCCCCC(O)CN(CC(O)CCCCCC)N(CC(O)CCCCCC)CC(O)CCCCCC. The van der Waals surface area contributed by atoms with Crippen LogP contribution in [0.25, 0.3) is 0 Å². The van der Waals surface area contributed by atoms with Gasteiger partial charge in [-0.3, -0.25) is 0 Å². The normalized spacial score (nSPS) is 15.1. The Morgan fingerprint density at radius 1 is 0.317 bits per heavy atom. The van der Waals surface area contributed by atoms with Gasteiger partial charge < -0.3 is 20.4 Å². The van der Waals surface area contributed by atoms with E-state index in [2.05, 4.69) is 37.7 Å². The monoisotopic (exact) mass is 587 g/mol. The van der Waals surface area contributed by atoms with E-state index < -0.39 is 24.4 Å². The Morgan fingerprint density at radius 2 is 0.512 bits per heavy atom. The van der Waals surface area contributed by atoms with Gasteiger partial charge in [-0.15, -0.1) is 0 Å². The van der Waals surface area contributed by atoms with Crippen molar-refractivity contribution in [3.05, 3.63) is 0 Å². The average molecular weight is 587 g/mol. The van der Waals surface area contributed by atoms with Crippen LogP contribution in [0.4, 0.5) is 0 Å². The van der Waals surface area contributed by atoms with Gasteiger partial charge in [-0.2, -0.15) is 0 Å². The summed E-state index contributed by atoms with van der Waals surface area (Å²) >= 11 is 0. The Morgan fingerprint density at radius 3 is 0.756 bits per heavy atom. The zero-order valence-electron chi connectivity index (χ0n) is 28.1. The minimum Gasteiger partial charge on any atom is -0.392 e. The Hall–Kier alpha value is -0.240. The van der Waals surface area contributed by atoms with Crippen LogP contribution in [0.2, 0.25) is 0 Å². The van der Waals surface area contributed by atoms with E-state index in [0.717, 1.165) is 77.0 Å². The quantitative estimate of drug-likeness (QED) is 0.0472. The Labute approximate surface area is 256 Å². The van der Waals surface area contributed by atoms with Gasteiger partial charge >= 0.3 is 0 Å². The maximum Gasteiger partial charge on any atom is 0.0681 e. The van der Waals surface area contributed by atoms with Crippen molar-refractivity contribution in [1.82, 2.24) is 10.0 Å². The van der Waals surface area contributed by atoms with Crippen LogP contribution in [-0.2, 0) is 0 Å². The lowest BCUT2D eigenvalue weighted by molar-refractivity contribution is -0.111. The van der Waals surface area contributed by atoms with Crippen LogP contribution in [0.5, 0.6) is 0 Å². The van der Waals surface area contributed by atoms with Gasteiger partial charge in [0, 0.05) is 26.2 Å². The Bertz CT molecular complexity index is 504. The van der Waals surface area contributed by atoms with E-state index in [-0.39, 0.29) is 0 Å². The number of hydrogen-bond acceptors (Lipinski definition) is 6. The molecule has 0 fully saturated rings. The van der Waals surface area contributed by atoms with Gasteiger partial charge in [0.1, 0.15) is 0 Å². The number of rotatable bonds is 32. The number of hydrogen-bond donors (Lipinski definition) is 4. The molecule has 0 heterocycles. The molecule has 41 heavy (non-hydrogen) atoms. The lowest BCUT2D eigenvalue weighted by atomic mass is 10.1. The summed E-state index contributed by atoms with van der Waals surface area (Å²) in [5.74, 6) is 0.